The van der Waals surface area contributed by atoms with Crippen molar-refractivity contribution in [3.8, 4) is 34.0 Å². The Morgan fingerprint density at radius 3 is 2.66 bits per heavy atom. The number of pyridine rings is 1. The third-order valence-electron chi connectivity index (χ3n) is 6.17. The summed E-state index contributed by atoms with van der Waals surface area (Å²) in [5.74, 6) is 0.721. The molecule has 0 atom stereocenters. The molecule has 9 nitrogen and oxygen atoms in total. The van der Waals surface area contributed by atoms with E-state index in [1.54, 1.807) is 24.3 Å². The molecule has 3 heterocycles. The van der Waals surface area contributed by atoms with Crippen LogP contribution in [0, 0.1) is 5.92 Å². The lowest BCUT2D eigenvalue weighted by atomic mass is 10.1. The van der Waals surface area contributed by atoms with Gasteiger partial charge in [0.05, 0.1) is 36.9 Å². The Morgan fingerprint density at radius 1 is 1.11 bits per heavy atom. The van der Waals surface area contributed by atoms with E-state index < -0.39 is 17.6 Å². The lowest BCUT2D eigenvalue weighted by Gasteiger charge is -2.13. The molecule has 1 amide bonds. The Kier molecular flexibility index (Phi) is 6.79. The van der Waals surface area contributed by atoms with Crippen molar-refractivity contribution in [3.05, 3.63) is 54.4 Å². The molecule has 1 saturated carbocycles. The topological polar surface area (TPSA) is 117 Å². The fraction of sp³-hybridized carbons (Fsp3) is 0.308. The first-order valence-corrected chi connectivity index (χ1v) is 12.0. The van der Waals surface area contributed by atoms with Crippen LogP contribution in [-0.2, 0) is 11.0 Å². The molecule has 1 aliphatic carbocycles. The van der Waals surface area contributed by atoms with Gasteiger partial charge >= 0.3 is 6.18 Å². The molecule has 4 aromatic rings. The van der Waals surface area contributed by atoms with Gasteiger partial charge < -0.3 is 20.5 Å². The van der Waals surface area contributed by atoms with Gasteiger partial charge in [-0.05, 0) is 55.7 Å². The minimum Gasteiger partial charge on any atom is -0.493 e. The van der Waals surface area contributed by atoms with Gasteiger partial charge in [0.15, 0.2) is 17.1 Å². The monoisotopic (exact) mass is 526 g/mol. The number of fused-ring (bicyclic) bond motifs is 1. The number of halogens is 3. The molecule has 0 radical (unpaired) electrons. The van der Waals surface area contributed by atoms with Crippen molar-refractivity contribution < 1.29 is 27.4 Å². The molecule has 3 aromatic heterocycles. The summed E-state index contributed by atoms with van der Waals surface area (Å²) in [6.07, 6.45) is 0.637. The van der Waals surface area contributed by atoms with E-state index in [0.717, 1.165) is 18.9 Å². The van der Waals surface area contributed by atoms with Crippen molar-refractivity contribution >= 4 is 17.4 Å². The summed E-state index contributed by atoms with van der Waals surface area (Å²) >= 11 is 0. The maximum absolute atomic E-state index is 13.4. The number of nitrogen functional groups attached to an aromatic ring is 1. The Morgan fingerprint density at radius 2 is 1.92 bits per heavy atom. The number of benzene rings is 1. The van der Waals surface area contributed by atoms with Gasteiger partial charge in [-0.25, -0.2) is 14.5 Å². The Hall–Kier alpha value is -4.35. The summed E-state index contributed by atoms with van der Waals surface area (Å²) in [5, 5.41) is 7.50. The summed E-state index contributed by atoms with van der Waals surface area (Å²) in [6.45, 7) is 0.944. The number of nitrogens with one attached hydrogen (secondary N) is 1. The highest BCUT2D eigenvalue weighted by atomic mass is 19.4. The molecule has 198 valence electrons. The number of anilines is 1. The molecule has 38 heavy (non-hydrogen) atoms. The zero-order valence-corrected chi connectivity index (χ0v) is 20.5. The highest BCUT2D eigenvalue weighted by molar-refractivity contribution is 5.80. The predicted molar refractivity (Wildman–Crippen MR) is 133 cm³/mol. The van der Waals surface area contributed by atoms with Gasteiger partial charge in [-0.1, -0.05) is 0 Å². The first-order valence-electron chi connectivity index (χ1n) is 12.0. The summed E-state index contributed by atoms with van der Waals surface area (Å²) in [7, 11) is 1.53. The van der Waals surface area contributed by atoms with E-state index in [4.69, 9.17) is 15.2 Å². The van der Waals surface area contributed by atoms with E-state index in [1.807, 2.05) is 6.07 Å². The van der Waals surface area contributed by atoms with Crippen LogP contribution in [0.3, 0.4) is 0 Å². The quantitative estimate of drug-likeness (QED) is 0.311. The molecule has 0 unspecified atom stereocenters. The van der Waals surface area contributed by atoms with Crippen LogP contribution in [0.2, 0.25) is 0 Å². The van der Waals surface area contributed by atoms with Crippen LogP contribution >= 0.6 is 0 Å². The molecular weight excluding hydrogens is 501 g/mol. The van der Waals surface area contributed by atoms with Crippen molar-refractivity contribution in [1.82, 2.24) is 24.9 Å². The van der Waals surface area contributed by atoms with Crippen LogP contribution in [0.4, 0.5) is 19.0 Å². The number of rotatable bonds is 9. The van der Waals surface area contributed by atoms with Gasteiger partial charge in [-0.2, -0.15) is 18.3 Å². The number of amides is 1. The van der Waals surface area contributed by atoms with Gasteiger partial charge in [0.1, 0.15) is 5.82 Å². The minimum absolute atomic E-state index is 0.103. The van der Waals surface area contributed by atoms with Crippen LogP contribution in [0.5, 0.6) is 11.5 Å². The normalized spacial score (nSPS) is 13.5. The first kappa shape index (κ1) is 25.3. The number of hydrogen-bond donors (Lipinski definition) is 2. The van der Waals surface area contributed by atoms with Crippen molar-refractivity contribution in [2.24, 2.45) is 5.92 Å². The molecule has 0 bridgehead atoms. The molecule has 5 rings (SSSR count). The van der Waals surface area contributed by atoms with Gasteiger partial charge in [0.2, 0.25) is 5.91 Å². The second-order valence-electron chi connectivity index (χ2n) is 8.92. The van der Waals surface area contributed by atoms with Gasteiger partial charge in [0.25, 0.3) is 0 Å². The Bertz CT molecular complexity index is 1480. The standard InChI is InChI=1S/C26H25F3N6O3/c1-37-22-12-16(5-7-21(22)38-10-2-9-31-25(36)15-3-4-15)19-6-8-23-32-14-20(35(23)34-19)17-11-18(26(27,28)29)24(30)33-13-17/h5-8,11-15H,2-4,9-10H2,1H3,(H2,30,33)(H,31,36). The van der Waals surface area contributed by atoms with E-state index in [1.165, 1.54) is 24.0 Å². The molecule has 1 aliphatic rings. The van der Waals surface area contributed by atoms with Crippen LogP contribution in [0.25, 0.3) is 28.2 Å². The second kappa shape index (κ2) is 10.2. The van der Waals surface area contributed by atoms with Gasteiger partial charge in [-0.3, -0.25) is 4.79 Å². The van der Waals surface area contributed by atoms with Crippen LogP contribution in [-0.4, -0.2) is 45.8 Å². The highest BCUT2D eigenvalue weighted by Crippen LogP contribution is 2.36. The Labute approximate surface area is 215 Å². The highest BCUT2D eigenvalue weighted by Gasteiger charge is 2.34. The third-order valence-corrected chi connectivity index (χ3v) is 6.17. The molecule has 1 aromatic carbocycles. The number of methoxy groups -OCH3 is 1. The van der Waals surface area contributed by atoms with E-state index in [0.29, 0.717) is 53.7 Å². The number of aromatic nitrogens is 4. The summed E-state index contributed by atoms with van der Waals surface area (Å²) in [6, 6.07) is 9.75. The lowest BCUT2D eigenvalue weighted by molar-refractivity contribution is -0.137. The van der Waals surface area contributed by atoms with Crippen molar-refractivity contribution in [2.45, 2.75) is 25.4 Å². The zero-order chi connectivity index (χ0) is 26.9. The number of hydrogen-bond acceptors (Lipinski definition) is 7. The van der Waals surface area contributed by atoms with Crippen LogP contribution in [0.15, 0.2) is 48.8 Å². The van der Waals surface area contributed by atoms with E-state index >= 15 is 0 Å². The molecule has 1 fully saturated rings. The molecule has 0 saturated heterocycles. The zero-order valence-electron chi connectivity index (χ0n) is 20.5. The fourth-order valence-electron chi connectivity index (χ4n) is 3.97. The third kappa shape index (κ3) is 5.34. The van der Waals surface area contributed by atoms with Gasteiger partial charge in [-0.15, -0.1) is 0 Å². The predicted octanol–water partition coefficient (Wildman–Crippen LogP) is 4.36. The second-order valence-corrected chi connectivity index (χ2v) is 8.92. The summed E-state index contributed by atoms with van der Waals surface area (Å²) in [5.41, 5.74) is 6.64. The van der Waals surface area contributed by atoms with E-state index in [2.05, 4.69) is 20.4 Å². The van der Waals surface area contributed by atoms with Crippen molar-refractivity contribution in [2.75, 3.05) is 26.0 Å². The average Bonchev–Trinajstić information content (AvgIpc) is 3.67. The summed E-state index contributed by atoms with van der Waals surface area (Å²) < 4.78 is 52.9. The van der Waals surface area contributed by atoms with Crippen LogP contribution in [0.1, 0.15) is 24.8 Å². The largest absolute Gasteiger partial charge is 0.493 e. The van der Waals surface area contributed by atoms with E-state index in [-0.39, 0.29) is 17.4 Å². The van der Waals surface area contributed by atoms with Crippen molar-refractivity contribution in [3.63, 3.8) is 0 Å². The lowest BCUT2D eigenvalue weighted by Crippen LogP contribution is -2.26. The van der Waals surface area contributed by atoms with Gasteiger partial charge in [0, 0.05) is 29.8 Å². The SMILES string of the molecule is COc1cc(-c2ccc3ncc(-c4cnc(N)c(C(F)(F)F)c4)n3n2)ccc1OCCCNC(=O)C1CC1. The van der Waals surface area contributed by atoms with Crippen LogP contribution < -0.4 is 20.5 Å². The number of carbonyl (C=O) groups excluding carboxylic acids is 1. The molecule has 3 N–H and O–H groups in total. The minimum atomic E-state index is -4.64. The maximum atomic E-state index is 13.4. The molecule has 0 aliphatic heterocycles. The first-order chi connectivity index (χ1) is 18.2. The Balaban J connectivity index is 1.35. The smallest absolute Gasteiger partial charge is 0.419 e. The van der Waals surface area contributed by atoms with E-state index in [9.17, 15) is 18.0 Å². The summed E-state index contributed by atoms with van der Waals surface area (Å²) in [4.78, 5) is 19.7. The number of ether oxygens (including phenoxy) is 2. The number of carbonyl (C=O) groups is 1. The maximum Gasteiger partial charge on any atom is 0.419 e. The molecule has 12 heteroatoms. The number of nitrogens with zero attached hydrogens (tertiary/aromatic N) is 4. The number of imidazole rings is 1. The molecular formula is C26H25F3N6O3. The molecule has 0 spiro atoms. The number of alkyl halides is 3. The fourth-order valence-corrected chi connectivity index (χ4v) is 3.97. The average molecular weight is 527 g/mol. The number of nitrogens with two attached hydrogens (primary N) is 1. The van der Waals surface area contributed by atoms with Crippen molar-refractivity contribution in [1.29, 1.82) is 0 Å².